The summed E-state index contributed by atoms with van der Waals surface area (Å²) in [5.74, 6) is 0.699. The van der Waals surface area contributed by atoms with Crippen molar-refractivity contribution < 1.29 is 13.2 Å². The molecule has 1 amide bonds. The van der Waals surface area contributed by atoms with Crippen molar-refractivity contribution in [3.63, 3.8) is 0 Å². The van der Waals surface area contributed by atoms with Crippen molar-refractivity contribution in [3.05, 3.63) is 23.9 Å². The Bertz CT molecular complexity index is 648. The van der Waals surface area contributed by atoms with Crippen LogP contribution in [0.25, 0.3) is 0 Å². The molecule has 134 valence electrons. The highest BCUT2D eigenvalue weighted by Crippen LogP contribution is 2.15. The smallest absolute Gasteiger partial charge is 0.253 e. The second-order valence-corrected chi connectivity index (χ2v) is 7.97. The molecule has 2 rings (SSSR count). The Morgan fingerprint density at radius 3 is 2.38 bits per heavy atom. The molecule has 1 N–H and O–H groups in total. The lowest BCUT2D eigenvalue weighted by atomic mass is 10.1. The number of sulfonamides is 1. The molecule has 1 aromatic rings. The Kier molecular flexibility index (Phi) is 6.17. The monoisotopic (exact) mass is 354 g/mol. The number of carbonyl (C=O) groups excluding carboxylic acids is 1. The number of hydrogen-bond donors (Lipinski definition) is 1. The third-order valence-electron chi connectivity index (χ3n) is 4.36. The summed E-state index contributed by atoms with van der Waals surface area (Å²) in [6.07, 6.45) is 4.07. The molecule has 1 aliphatic heterocycles. The molecule has 2 heterocycles. The Balaban J connectivity index is 1.91. The van der Waals surface area contributed by atoms with Gasteiger partial charge in [0, 0.05) is 38.4 Å². The van der Waals surface area contributed by atoms with Gasteiger partial charge in [-0.05, 0) is 38.8 Å². The zero-order valence-corrected chi connectivity index (χ0v) is 15.3. The standard InChI is InChI=1S/C16H26N4O3S/c1-4-19(5-2)15-7-6-13(12-17-15)16(21)18-14-8-10-20(11-9-14)24(3,22)23/h6-7,12,14H,4-5,8-11H2,1-3H3,(H,18,21). The van der Waals surface area contributed by atoms with Gasteiger partial charge in [-0.3, -0.25) is 4.79 Å². The van der Waals surface area contributed by atoms with E-state index in [0.29, 0.717) is 31.5 Å². The quantitative estimate of drug-likeness (QED) is 0.827. The van der Waals surface area contributed by atoms with Crippen molar-refractivity contribution in [3.8, 4) is 0 Å². The van der Waals surface area contributed by atoms with Crippen LogP contribution in [0.2, 0.25) is 0 Å². The van der Waals surface area contributed by atoms with Crippen LogP contribution in [0, 0.1) is 0 Å². The number of nitrogens with zero attached hydrogens (tertiary/aromatic N) is 3. The van der Waals surface area contributed by atoms with E-state index in [0.717, 1.165) is 18.9 Å². The molecular formula is C16H26N4O3S. The van der Waals surface area contributed by atoms with E-state index in [1.54, 1.807) is 12.3 Å². The summed E-state index contributed by atoms with van der Waals surface area (Å²) in [6.45, 7) is 6.76. The van der Waals surface area contributed by atoms with Gasteiger partial charge < -0.3 is 10.2 Å². The molecule has 1 aliphatic rings. The highest BCUT2D eigenvalue weighted by molar-refractivity contribution is 7.88. The number of amides is 1. The summed E-state index contributed by atoms with van der Waals surface area (Å²) in [5, 5.41) is 2.97. The predicted molar refractivity (Wildman–Crippen MR) is 94.7 cm³/mol. The molecule has 0 bridgehead atoms. The van der Waals surface area contributed by atoms with Crippen molar-refractivity contribution in [2.75, 3.05) is 37.3 Å². The molecule has 7 nitrogen and oxygen atoms in total. The summed E-state index contributed by atoms with van der Waals surface area (Å²) in [5.41, 5.74) is 0.524. The number of piperidine rings is 1. The SMILES string of the molecule is CCN(CC)c1ccc(C(=O)NC2CCN(S(C)(=O)=O)CC2)cn1. The first kappa shape index (κ1) is 18.7. The van der Waals surface area contributed by atoms with Crippen molar-refractivity contribution in [2.45, 2.75) is 32.7 Å². The van der Waals surface area contributed by atoms with Crippen molar-refractivity contribution in [2.24, 2.45) is 0 Å². The minimum Gasteiger partial charge on any atom is -0.357 e. The van der Waals surface area contributed by atoms with Crippen LogP contribution in [0.5, 0.6) is 0 Å². The van der Waals surface area contributed by atoms with Gasteiger partial charge in [0.25, 0.3) is 5.91 Å². The van der Waals surface area contributed by atoms with E-state index in [4.69, 9.17) is 0 Å². The minimum absolute atomic E-state index is 0.00189. The zero-order valence-electron chi connectivity index (χ0n) is 14.5. The molecule has 1 aromatic heterocycles. The van der Waals surface area contributed by atoms with Gasteiger partial charge in [-0.25, -0.2) is 17.7 Å². The summed E-state index contributed by atoms with van der Waals surface area (Å²) < 4.78 is 24.5. The van der Waals surface area contributed by atoms with Crippen LogP contribution in [0.1, 0.15) is 37.0 Å². The third-order valence-corrected chi connectivity index (χ3v) is 5.66. The largest absolute Gasteiger partial charge is 0.357 e. The Hall–Kier alpha value is -1.67. The fourth-order valence-electron chi connectivity index (χ4n) is 2.86. The fourth-order valence-corrected chi connectivity index (χ4v) is 3.73. The lowest BCUT2D eigenvalue weighted by Crippen LogP contribution is -2.46. The molecule has 8 heteroatoms. The van der Waals surface area contributed by atoms with Crippen LogP contribution in [0.3, 0.4) is 0 Å². The number of hydrogen-bond acceptors (Lipinski definition) is 5. The molecule has 0 spiro atoms. The average Bonchev–Trinajstić information content (AvgIpc) is 2.56. The summed E-state index contributed by atoms with van der Waals surface area (Å²) in [4.78, 5) is 18.8. The third kappa shape index (κ3) is 4.67. The van der Waals surface area contributed by atoms with Gasteiger partial charge in [-0.1, -0.05) is 0 Å². The molecule has 0 radical (unpaired) electrons. The molecule has 24 heavy (non-hydrogen) atoms. The number of carbonyl (C=O) groups is 1. The lowest BCUT2D eigenvalue weighted by Gasteiger charge is -2.30. The first-order chi connectivity index (χ1) is 11.3. The van der Waals surface area contributed by atoms with Crippen LogP contribution in [0.4, 0.5) is 5.82 Å². The van der Waals surface area contributed by atoms with Crippen LogP contribution in [-0.2, 0) is 10.0 Å². The van der Waals surface area contributed by atoms with Crippen LogP contribution < -0.4 is 10.2 Å². The molecule has 0 atom stereocenters. The van der Waals surface area contributed by atoms with Crippen LogP contribution in [-0.4, -0.2) is 62.1 Å². The maximum absolute atomic E-state index is 12.3. The van der Waals surface area contributed by atoms with Crippen LogP contribution in [0.15, 0.2) is 18.3 Å². The average molecular weight is 354 g/mol. The van der Waals surface area contributed by atoms with Crippen molar-refractivity contribution >= 4 is 21.7 Å². The van der Waals surface area contributed by atoms with Gasteiger partial charge in [0.15, 0.2) is 0 Å². The van der Waals surface area contributed by atoms with Gasteiger partial charge in [0.1, 0.15) is 5.82 Å². The number of nitrogens with one attached hydrogen (secondary N) is 1. The predicted octanol–water partition coefficient (Wildman–Crippen LogP) is 1.08. The highest BCUT2D eigenvalue weighted by Gasteiger charge is 2.26. The summed E-state index contributed by atoms with van der Waals surface area (Å²) >= 11 is 0. The van der Waals surface area contributed by atoms with Gasteiger partial charge in [-0.2, -0.15) is 0 Å². The Morgan fingerprint density at radius 2 is 1.92 bits per heavy atom. The van der Waals surface area contributed by atoms with Crippen LogP contribution >= 0.6 is 0 Å². The molecule has 0 saturated carbocycles. The zero-order chi connectivity index (χ0) is 17.7. The number of rotatable bonds is 6. The van der Waals surface area contributed by atoms with E-state index in [1.165, 1.54) is 10.6 Å². The maximum Gasteiger partial charge on any atom is 0.253 e. The first-order valence-corrected chi connectivity index (χ1v) is 10.2. The molecule has 0 aromatic carbocycles. The number of pyridine rings is 1. The summed E-state index contributed by atoms with van der Waals surface area (Å²) in [6, 6.07) is 3.63. The van der Waals surface area contributed by atoms with Gasteiger partial charge in [-0.15, -0.1) is 0 Å². The number of aromatic nitrogens is 1. The maximum atomic E-state index is 12.3. The highest BCUT2D eigenvalue weighted by atomic mass is 32.2. The van der Waals surface area contributed by atoms with Gasteiger partial charge in [0.05, 0.1) is 11.8 Å². The van der Waals surface area contributed by atoms with Gasteiger partial charge in [0.2, 0.25) is 10.0 Å². The first-order valence-electron chi connectivity index (χ1n) is 8.32. The molecule has 0 aliphatic carbocycles. The van der Waals surface area contributed by atoms with E-state index in [9.17, 15) is 13.2 Å². The summed E-state index contributed by atoms with van der Waals surface area (Å²) in [7, 11) is -3.14. The fraction of sp³-hybridized carbons (Fsp3) is 0.625. The topological polar surface area (TPSA) is 82.6 Å². The molecular weight excluding hydrogens is 328 g/mol. The van der Waals surface area contributed by atoms with E-state index >= 15 is 0 Å². The number of anilines is 1. The minimum atomic E-state index is -3.14. The van der Waals surface area contributed by atoms with Crippen molar-refractivity contribution in [1.29, 1.82) is 0 Å². The lowest BCUT2D eigenvalue weighted by molar-refractivity contribution is 0.0923. The Morgan fingerprint density at radius 1 is 1.29 bits per heavy atom. The van der Waals surface area contributed by atoms with E-state index in [1.807, 2.05) is 6.07 Å². The second-order valence-electron chi connectivity index (χ2n) is 5.99. The van der Waals surface area contributed by atoms with E-state index in [2.05, 4.69) is 29.0 Å². The second kappa shape index (κ2) is 7.94. The molecule has 1 saturated heterocycles. The van der Waals surface area contributed by atoms with Crippen molar-refractivity contribution in [1.82, 2.24) is 14.6 Å². The van der Waals surface area contributed by atoms with Gasteiger partial charge >= 0.3 is 0 Å². The Labute approximate surface area is 144 Å². The molecule has 0 unspecified atom stereocenters. The van der Waals surface area contributed by atoms with E-state index < -0.39 is 10.0 Å². The molecule has 1 fully saturated rings. The normalized spacial score (nSPS) is 16.8. The van der Waals surface area contributed by atoms with E-state index in [-0.39, 0.29) is 11.9 Å².